The molecule has 100 valence electrons. The highest BCUT2D eigenvalue weighted by atomic mass is 79.9. The van der Waals surface area contributed by atoms with Crippen molar-refractivity contribution in [1.82, 2.24) is 9.88 Å². The second-order valence-electron chi connectivity index (χ2n) is 4.79. The highest BCUT2D eigenvalue weighted by molar-refractivity contribution is 9.10. The molecule has 2 heterocycles. The van der Waals surface area contributed by atoms with Crippen LogP contribution < -0.4 is 5.32 Å². The molecule has 0 radical (unpaired) electrons. The Hall–Kier alpha value is -0.650. The van der Waals surface area contributed by atoms with Crippen LogP contribution in [0.4, 0.5) is 5.69 Å². The van der Waals surface area contributed by atoms with E-state index in [-0.39, 0.29) is 0 Å². The lowest BCUT2D eigenvalue weighted by Gasteiger charge is -2.29. The van der Waals surface area contributed by atoms with Crippen LogP contribution in [-0.4, -0.2) is 49.3 Å². The van der Waals surface area contributed by atoms with E-state index in [9.17, 15) is 0 Å². The average molecular weight is 314 g/mol. The van der Waals surface area contributed by atoms with Crippen LogP contribution in [0.15, 0.2) is 22.9 Å². The number of pyridine rings is 1. The van der Waals surface area contributed by atoms with Crippen molar-refractivity contribution in [2.75, 3.05) is 44.7 Å². The molecule has 0 spiro atoms. The van der Waals surface area contributed by atoms with Crippen molar-refractivity contribution in [2.45, 2.75) is 6.92 Å². The number of aromatic nitrogens is 1. The number of rotatable bonds is 5. The van der Waals surface area contributed by atoms with Gasteiger partial charge >= 0.3 is 0 Å². The fourth-order valence-corrected chi connectivity index (χ4v) is 2.45. The minimum atomic E-state index is 0.613. The summed E-state index contributed by atoms with van der Waals surface area (Å²) in [7, 11) is 0. The lowest BCUT2D eigenvalue weighted by Crippen LogP contribution is -2.40. The van der Waals surface area contributed by atoms with Crippen molar-refractivity contribution in [3.8, 4) is 0 Å². The zero-order valence-corrected chi connectivity index (χ0v) is 12.3. The smallest absolute Gasteiger partial charge is 0.0594 e. The number of halogens is 1. The molecule has 0 aliphatic carbocycles. The van der Waals surface area contributed by atoms with E-state index in [1.807, 2.05) is 6.20 Å². The van der Waals surface area contributed by atoms with Gasteiger partial charge in [-0.25, -0.2) is 0 Å². The van der Waals surface area contributed by atoms with Gasteiger partial charge in [-0.15, -0.1) is 0 Å². The molecule has 4 nitrogen and oxygen atoms in total. The second kappa shape index (κ2) is 7.07. The molecular weight excluding hydrogens is 294 g/mol. The van der Waals surface area contributed by atoms with E-state index in [0.29, 0.717) is 5.92 Å². The van der Waals surface area contributed by atoms with E-state index in [4.69, 9.17) is 4.74 Å². The molecule has 1 aliphatic heterocycles. The van der Waals surface area contributed by atoms with Gasteiger partial charge in [0.15, 0.2) is 0 Å². The number of morpholine rings is 1. The van der Waals surface area contributed by atoms with Crippen LogP contribution in [0, 0.1) is 5.92 Å². The number of ether oxygens (including phenoxy) is 1. The largest absolute Gasteiger partial charge is 0.383 e. The van der Waals surface area contributed by atoms with Crippen molar-refractivity contribution in [2.24, 2.45) is 5.92 Å². The normalized spacial score (nSPS) is 18.6. The molecule has 0 aromatic carbocycles. The summed E-state index contributed by atoms with van der Waals surface area (Å²) in [6.07, 6.45) is 3.65. The number of nitrogens with one attached hydrogen (secondary N) is 1. The Morgan fingerprint density at radius 3 is 2.94 bits per heavy atom. The molecule has 1 fully saturated rings. The Balaban J connectivity index is 1.72. The summed E-state index contributed by atoms with van der Waals surface area (Å²) < 4.78 is 6.36. The first-order valence-corrected chi connectivity index (χ1v) is 7.18. The summed E-state index contributed by atoms with van der Waals surface area (Å²) in [6.45, 7) is 8.22. The third kappa shape index (κ3) is 4.55. The summed E-state index contributed by atoms with van der Waals surface area (Å²) in [4.78, 5) is 6.61. The molecule has 18 heavy (non-hydrogen) atoms. The van der Waals surface area contributed by atoms with Crippen molar-refractivity contribution in [3.63, 3.8) is 0 Å². The molecule has 1 atom stereocenters. The molecule has 0 amide bonds. The van der Waals surface area contributed by atoms with Gasteiger partial charge in [-0.2, -0.15) is 0 Å². The number of anilines is 1. The zero-order valence-electron chi connectivity index (χ0n) is 10.7. The van der Waals surface area contributed by atoms with E-state index in [1.165, 1.54) is 0 Å². The lowest BCUT2D eigenvalue weighted by atomic mass is 10.1. The quantitative estimate of drug-likeness (QED) is 0.904. The Kier molecular flexibility index (Phi) is 5.41. The van der Waals surface area contributed by atoms with Crippen molar-refractivity contribution >= 4 is 21.6 Å². The predicted octanol–water partition coefficient (Wildman–Crippen LogP) is 2.22. The Labute approximate surface area is 117 Å². The highest BCUT2D eigenvalue weighted by Gasteiger charge is 2.13. The van der Waals surface area contributed by atoms with Crippen LogP contribution in [-0.2, 0) is 4.74 Å². The molecule has 2 rings (SSSR count). The van der Waals surface area contributed by atoms with Gasteiger partial charge in [0, 0.05) is 36.8 Å². The Bertz CT molecular complexity index is 369. The van der Waals surface area contributed by atoms with E-state index >= 15 is 0 Å². The van der Waals surface area contributed by atoms with Crippen molar-refractivity contribution in [3.05, 3.63) is 22.9 Å². The molecule has 1 N–H and O–H groups in total. The standard InChI is InChI=1S/C13H20BrN3O/c1-11(10-17-2-4-18-5-3-17)7-16-13-6-12(14)8-15-9-13/h6,8-9,11,16H,2-5,7,10H2,1H3/t11-/m1/s1. The maximum absolute atomic E-state index is 5.35. The van der Waals surface area contributed by atoms with Gasteiger partial charge in [-0.1, -0.05) is 6.92 Å². The third-order valence-corrected chi connectivity index (χ3v) is 3.47. The topological polar surface area (TPSA) is 37.4 Å². The van der Waals surface area contributed by atoms with Gasteiger partial charge in [-0.05, 0) is 27.9 Å². The molecule has 1 aromatic heterocycles. The minimum absolute atomic E-state index is 0.613. The summed E-state index contributed by atoms with van der Waals surface area (Å²) in [5.74, 6) is 0.613. The van der Waals surface area contributed by atoms with E-state index < -0.39 is 0 Å². The number of nitrogens with zero attached hydrogens (tertiary/aromatic N) is 2. The summed E-state index contributed by atoms with van der Waals surface area (Å²) in [5, 5.41) is 3.42. The maximum atomic E-state index is 5.35. The van der Waals surface area contributed by atoms with Gasteiger partial charge in [-0.3, -0.25) is 9.88 Å². The van der Waals surface area contributed by atoms with Gasteiger partial charge in [0.2, 0.25) is 0 Å². The van der Waals surface area contributed by atoms with Gasteiger partial charge in [0.1, 0.15) is 0 Å². The maximum Gasteiger partial charge on any atom is 0.0594 e. The molecular formula is C13H20BrN3O. The molecule has 5 heteroatoms. The van der Waals surface area contributed by atoms with E-state index in [0.717, 1.165) is 49.6 Å². The molecule has 1 aromatic rings. The van der Waals surface area contributed by atoms with Crippen LogP contribution in [0.1, 0.15) is 6.92 Å². The van der Waals surface area contributed by atoms with Crippen molar-refractivity contribution in [1.29, 1.82) is 0 Å². The van der Waals surface area contributed by atoms with E-state index in [2.05, 4.69) is 44.1 Å². The fourth-order valence-electron chi connectivity index (χ4n) is 2.09. The third-order valence-electron chi connectivity index (χ3n) is 3.03. The predicted molar refractivity (Wildman–Crippen MR) is 76.8 cm³/mol. The molecule has 1 saturated heterocycles. The fraction of sp³-hybridized carbons (Fsp3) is 0.615. The Morgan fingerprint density at radius 1 is 1.44 bits per heavy atom. The van der Waals surface area contributed by atoms with Gasteiger partial charge in [0.05, 0.1) is 25.1 Å². The first-order chi connectivity index (χ1) is 8.74. The van der Waals surface area contributed by atoms with Crippen LogP contribution in [0.2, 0.25) is 0 Å². The second-order valence-corrected chi connectivity index (χ2v) is 5.71. The SMILES string of the molecule is C[C@H](CNc1cncc(Br)c1)CN1CCOCC1. The summed E-state index contributed by atoms with van der Waals surface area (Å²) in [6, 6.07) is 2.05. The van der Waals surface area contributed by atoms with Crippen molar-refractivity contribution < 1.29 is 4.74 Å². The number of hydrogen-bond acceptors (Lipinski definition) is 4. The average Bonchev–Trinajstić information content (AvgIpc) is 2.38. The monoisotopic (exact) mass is 313 g/mol. The summed E-state index contributed by atoms with van der Waals surface area (Å²) in [5.41, 5.74) is 1.07. The minimum Gasteiger partial charge on any atom is -0.383 e. The highest BCUT2D eigenvalue weighted by Crippen LogP contribution is 2.14. The van der Waals surface area contributed by atoms with Crippen LogP contribution in [0.5, 0.6) is 0 Å². The van der Waals surface area contributed by atoms with Gasteiger partial charge < -0.3 is 10.1 Å². The number of hydrogen-bond donors (Lipinski definition) is 1. The molecule has 1 aliphatic rings. The lowest BCUT2D eigenvalue weighted by molar-refractivity contribution is 0.0325. The van der Waals surface area contributed by atoms with E-state index in [1.54, 1.807) is 6.20 Å². The van der Waals surface area contributed by atoms with Crippen LogP contribution in [0.25, 0.3) is 0 Å². The van der Waals surface area contributed by atoms with Crippen LogP contribution in [0.3, 0.4) is 0 Å². The summed E-state index contributed by atoms with van der Waals surface area (Å²) >= 11 is 3.42. The first-order valence-electron chi connectivity index (χ1n) is 6.38. The zero-order chi connectivity index (χ0) is 12.8. The van der Waals surface area contributed by atoms with Gasteiger partial charge in [0.25, 0.3) is 0 Å². The molecule has 0 bridgehead atoms. The first kappa shape index (κ1) is 13.8. The Morgan fingerprint density at radius 2 is 2.22 bits per heavy atom. The van der Waals surface area contributed by atoms with Crippen LogP contribution >= 0.6 is 15.9 Å². The molecule has 0 saturated carbocycles. The molecule has 0 unspecified atom stereocenters.